The Bertz CT molecular complexity index is 1480. The molecule has 1 saturated carbocycles. The van der Waals surface area contributed by atoms with Crippen molar-refractivity contribution in [3.63, 3.8) is 0 Å². The highest BCUT2D eigenvalue weighted by Crippen LogP contribution is 2.60. The molecule has 1 aromatic heterocycles. The zero-order valence-electron chi connectivity index (χ0n) is 21.4. The number of rotatable bonds is 10. The van der Waals surface area contributed by atoms with E-state index in [4.69, 9.17) is 5.73 Å². The number of nitrogens with zero attached hydrogens (tertiary/aromatic N) is 2. The van der Waals surface area contributed by atoms with Crippen molar-refractivity contribution >= 4 is 21.9 Å². The fourth-order valence-electron chi connectivity index (χ4n) is 4.68. The summed E-state index contributed by atoms with van der Waals surface area (Å²) in [5.74, 6) is -1.52. The molecule has 0 amide bonds. The summed E-state index contributed by atoms with van der Waals surface area (Å²) in [7, 11) is -4.26. The van der Waals surface area contributed by atoms with Crippen molar-refractivity contribution in [3.8, 4) is 11.3 Å². The van der Waals surface area contributed by atoms with Gasteiger partial charge in [0.05, 0.1) is 21.6 Å². The Hall–Kier alpha value is -3.51. The molecule has 1 aliphatic carbocycles. The summed E-state index contributed by atoms with van der Waals surface area (Å²) in [6, 6.07) is 11.5. The summed E-state index contributed by atoms with van der Waals surface area (Å²) >= 11 is 0. The molecule has 4 N–H and O–H groups in total. The number of hydrogen-bond acceptors (Lipinski definition) is 6. The molecule has 2 aromatic carbocycles. The number of carbonyl (C=O) groups is 1. The minimum absolute atomic E-state index is 0.0728. The number of sulfonamides is 1. The van der Waals surface area contributed by atoms with Gasteiger partial charge in [0.1, 0.15) is 0 Å². The molecular weight excluding hydrogens is 533 g/mol. The Morgan fingerprint density at radius 3 is 2.33 bits per heavy atom. The smallest absolute Gasteiger partial charge is 0.394 e. The second-order valence-corrected chi connectivity index (χ2v) is 11.7. The van der Waals surface area contributed by atoms with E-state index in [2.05, 4.69) is 14.7 Å². The number of carboxylic acids is 1. The molecule has 0 aliphatic heterocycles. The summed E-state index contributed by atoms with van der Waals surface area (Å²) in [6.45, 7) is 3.76. The molecule has 208 valence electrons. The van der Waals surface area contributed by atoms with Gasteiger partial charge in [-0.1, -0.05) is 24.3 Å². The zero-order valence-corrected chi connectivity index (χ0v) is 22.2. The van der Waals surface area contributed by atoms with Gasteiger partial charge in [-0.25, -0.2) is 27.9 Å². The molecule has 8 nitrogen and oxygen atoms in total. The van der Waals surface area contributed by atoms with Crippen LogP contribution in [-0.4, -0.2) is 41.7 Å². The van der Waals surface area contributed by atoms with E-state index in [0.29, 0.717) is 11.4 Å². The van der Waals surface area contributed by atoms with Gasteiger partial charge >= 0.3 is 12.1 Å². The lowest BCUT2D eigenvalue weighted by molar-refractivity contribution is -0.190. The molecular formula is C27H29F3N4O4S. The van der Waals surface area contributed by atoms with E-state index in [0.717, 1.165) is 22.8 Å². The van der Waals surface area contributed by atoms with E-state index in [1.807, 2.05) is 32.0 Å². The van der Waals surface area contributed by atoms with Crippen LogP contribution in [0.3, 0.4) is 0 Å². The molecule has 12 heteroatoms. The predicted octanol–water partition coefficient (Wildman–Crippen LogP) is 5.25. The number of anilines is 1. The quantitative estimate of drug-likeness (QED) is 0.307. The number of alkyl halides is 3. The lowest BCUT2D eigenvalue weighted by atomic mass is 9.93. The first-order valence-electron chi connectivity index (χ1n) is 12.3. The molecule has 0 radical (unpaired) electrons. The fourth-order valence-corrected chi connectivity index (χ4v) is 5.67. The molecule has 1 aliphatic rings. The third-order valence-electron chi connectivity index (χ3n) is 7.01. The maximum absolute atomic E-state index is 13.4. The van der Waals surface area contributed by atoms with E-state index in [1.165, 1.54) is 18.2 Å². The molecule has 0 bridgehead atoms. The number of aromatic carboxylic acids is 1. The van der Waals surface area contributed by atoms with Gasteiger partial charge < -0.3 is 10.8 Å². The van der Waals surface area contributed by atoms with Crippen LogP contribution in [0.25, 0.3) is 11.3 Å². The van der Waals surface area contributed by atoms with Gasteiger partial charge in [0.15, 0.2) is 0 Å². The second-order valence-electron chi connectivity index (χ2n) is 10.1. The molecule has 3 aromatic rings. The summed E-state index contributed by atoms with van der Waals surface area (Å²) in [5.41, 5.74) is 7.57. The lowest BCUT2D eigenvalue weighted by Crippen LogP contribution is -2.33. The standard InChI is InChI=1S/C27H29F3N4O4S/c1-16-5-3-6-17(2)23(16)22-14-20(10-9-19(31)15-26(11-12-26)27(28,29)30)32-25(33-22)34-39(37,38)21-8-4-7-18(13-21)24(35)36/h3-8,13-14,19H,9-12,15,31H2,1-2H3,(H,35,36)(H,32,33,34). The number of aromatic nitrogens is 2. The average molecular weight is 563 g/mol. The summed E-state index contributed by atoms with van der Waals surface area (Å²) in [5, 5.41) is 9.23. The van der Waals surface area contributed by atoms with Crippen molar-refractivity contribution < 1.29 is 31.5 Å². The molecule has 1 atom stereocenters. The van der Waals surface area contributed by atoms with E-state index in [9.17, 15) is 31.5 Å². The monoisotopic (exact) mass is 562 g/mol. The predicted molar refractivity (Wildman–Crippen MR) is 140 cm³/mol. The van der Waals surface area contributed by atoms with Crippen molar-refractivity contribution in [2.75, 3.05) is 4.72 Å². The van der Waals surface area contributed by atoms with Gasteiger partial charge in [-0.05, 0) is 81.3 Å². The number of hydrogen-bond donors (Lipinski definition) is 3. The number of halogens is 3. The van der Waals surface area contributed by atoms with Crippen molar-refractivity contribution in [2.45, 2.75) is 63.1 Å². The molecule has 1 heterocycles. The van der Waals surface area contributed by atoms with Crippen LogP contribution in [0.1, 0.15) is 52.9 Å². The Morgan fingerprint density at radius 2 is 1.74 bits per heavy atom. The highest BCUT2D eigenvalue weighted by molar-refractivity contribution is 7.92. The second kappa shape index (κ2) is 10.6. The van der Waals surface area contributed by atoms with Gasteiger partial charge in [-0.3, -0.25) is 0 Å². The van der Waals surface area contributed by atoms with Crippen LogP contribution in [-0.2, 0) is 16.4 Å². The largest absolute Gasteiger partial charge is 0.478 e. The van der Waals surface area contributed by atoms with Crippen molar-refractivity contribution in [2.24, 2.45) is 11.1 Å². The zero-order chi connectivity index (χ0) is 28.6. The fraction of sp³-hybridized carbons (Fsp3) is 0.370. The highest BCUT2D eigenvalue weighted by Gasteiger charge is 2.63. The molecule has 0 saturated heterocycles. The Balaban J connectivity index is 1.65. The Morgan fingerprint density at radius 1 is 1.10 bits per heavy atom. The summed E-state index contributed by atoms with van der Waals surface area (Å²) in [6.07, 6.45) is -3.90. The summed E-state index contributed by atoms with van der Waals surface area (Å²) in [4.78, 5) is 19.8. The molecule has 1 unspecified atom stereocenters. The van der Waals surface area contributed by atoms with E-state index in [1.54, 1.807) is 6.07 Å². The highest BCUT2D eigenvalue weighted by atomic mass is 32.2. The van der Waals surface area contributed by atoms with Gasteiger partial charge in [-0.15, -0.1) is 0 Å². The van der Waals surface area contributed by atoms with E-state index >= 15 is 0 Å². The molecule has 4 rings (SSSR count). The van der Waals surface area contributed by atoms with Crippen LogP contribution >= 0.6 is 0 Å². The van der Waals surface area contributed by atoms with Gasteiger partial charge in [-0.2, -0.15) is 13.2 Å². The topological polar surface area (TPSA) is 135 Å². The third kappa shape index (κ3) is 6.39. The minimum Gasteiger partial charge on any atom is -0.478 e. The van der Waals surface area contributed by atoms with Crippen LogP contribution in [0.15, 0.2) is 53.4 Å². The SMILES string of the molecule is Cc1cccc(C)c1-c1cc(CCC(N)CC2(C(F)(F)F)CC2)nc(NS(=O)(=O)c2cccc(C(=O)O)c2)n1. The average Bonchev–Trinajstić information content (AvgIpc) is 3.63. The number of benzene rings is 2. The number of nitrogens with one attached hydrogen (secondary N) is 1. The van der Waals surface area contributed by atoms with Crippen LogP contribution in [0.5, 0.6) is 0 Å². The maximum Gasteiger partial charge on any atom is 0.394 e. The van der Waals surface area contributed by atoms with Crippen LogP contribution in [0.2, 0.25) is 0 Å². The van der Waals surface area contributed by atoms with Crippen LogP contribution in [0, 0.1) is 19.3 Å². The molecule has 0 spiro atoms. The first-order valence-corrected chi connectivity index (χ1v) is 13.8. The minimum atomic E-state index is -4.29. The van der Waals surface area contributed by atoms with Gasteiger partial charge in [0, 0.05) is 17.3 Å². The molecule has 39 heavy (non-hydrogen) atoms. The van der Waals surface area contributed by atoms with Gasteiger partial charge in [0.2, 0.25) is 5.95 Å². The number of aryl methyl sites for hydroxylation is 3. The maximum atomic E-state index is 13.4. The Labute approximate surface area is 224 Å². The lowest BCUT2D eigenvalue weighted by Gasteiger charge is -2.23. The van der Waals surface area contributed by atoms with Crippen molar-refractivity contribution in [1.82, 2.24) is 9.97 Å². The van der Waals surface area contributed by atoms with Crippen molar-refractivity contribution in [1.29, 1.82) is 0 Å². The summed E-state index contributed by atoms with van der Waals surface area (Å²) < 4.78 is 68.6. The first kappa shape index (κ1) is 28.5. The number of carboxylic acid groups (broad SMARTS) is 1. The first-order chi connectivity index (χ1) is 18.2. The third-order valence-corrected chi connectivity index (χ3v) is 8.34. The van der Waals surface area contributed by atoms with Crippen LogP contribution in [0.4, 0.5) is 19.1 Å². The molecule has 1 fully saturated rings. The van der Waals surface area contributed by atoms with Gasteiger partial charge in [0.25, 0.3) is 10.0 Å². The van der Waals surface area contributed by atoms with E-state index < -0.39 is 33.6 Å². The van der Waals surface area contributed by atoms with E-state index in [-0.39, 0.29) is 48.5 Å². The number of nitrogens with two attached hydrogens (primary N) is 1. The normalized spacial score (nSPS) is 15.5. The van der Waals surface area contributed by atoms with Crippen molar-refractivity contribution in [3.05, 3.63) is 70.9 Å². The Kier molecular flexibility index (Phi) is 7.72. The van der Waals surface area contributed by atoms with Crippen LogP contribution < -0.4 is 10.5 Å².